The zero-order valence-corrected chi connectivity index (χ0v) is 22.4. The highest BCUT2D eigenvalue weighted by atomic mass is 35.5. The van der Waals surface area contributed by atoms with Crippen LogP contribution in [0.3, 0.4) is 0 Å². The third kappa shape index (κ3) is 6.90. The maximum absolute atomic E-state index is 13.7. The first-order valence-corrected chi connectivity index (χ1v) is 12.8. The Kier molecular flexibility index (Phi) is 10.5. The van der Waals surface area contributed by atoms with E-state index in [1.165, 1.54) is 0 Å². The lowest BCUT2D eigenvalue weighted by atomic mass is 10.1. The average molecular weight is 522 g/mol. The van der Waals surface area contributed by atoms with Gasteiger partial charge < -0.3 is 15.0 Å². The monoisotopic (exact) mass is 521 g/mol. The van der Waals surface area contributed by atoms with Crippen LogP contribution >= 0.6 is 12.4 Å². The topological polar surface area (TPSA) is 61.9 Å². The second-order valence-corrected chi connectivity index (χ2v) is 8.92. The second-order valence-electron chi connectivity index (χ2n) is 8.92. The van der Waals surface area contributed by atoms with E-state index in [0.29, 0.717) is 29.9 Å². The number of carbonyl (C=O) groups is 2. The van der Waals surface area contributed by atoms with E-state index in [9.17, 15) is 9.59 Å². The minimum Gasteiger partial charge on any atom is -0.491 e. The quantitative estimate of drug-likeness (QED) is 0.400. The van der Waals surface area contributed by atoms with Gasteiger partial charge >= 0.3 is 0 Å². The zero-order valence-electron chi connectivity index (χ0n) is 21.6. The van der Waals surface area contributed by atoms with Crippen molar-refractivity contribution in [1.29, 1.82) is 0 Å². The summed E-state index contributed by atoms with van der Waals surface area (Å²) in [5.74, 6) is 0.180. The molecule has 0 saturated heterocycles. The molecule has 1 heterocycles. The number of carbonyl (C=O) groups excluding carboxylic acids is 2. The van der Waals surface area contributed by atoms with Gasteiger partial charge in [0.25, 0.3) is 11.8 Å². The molecule has 0 fully saturated rings. The van der Waals surface area contributed by atoms with Crippen molar-refractivity contribution in [3.63, 3.8) is 0 Å². The highest BCUT2D eigenvalue weighted by Crippen LogP contribution is 2.31. The van der Waals surface area contributed by atoms with Crippen LogP contribution in [0.2, 0.25) is 0 Å². The standard InChI is InChI=1S/C30H35N3O3.ClH/c1-3-32(4-2)21-22-36-27-19-11-9-17-25(27)29(34)31-28-20-12-16-23-13-8-10-18-26(23)33(28)30(35)24-14-6-5-7-15-24;/h5-11,13-15,17-19,28H,3-4,12,16,20-22H2,1-2H3,(H,31,34);1H. The molecule has 0 radical (unpaired) electrons. The molecule has 4 rings (SSSR count). The summed E-state index contributed by atoms with van der Waals surface area (Å²) in [7, 11) is 0. The van der Waals surface area contributed by atoms with Crippen molar-refractivity contribution >= 4 is 29.9 Å². The number of para-hydroxylation sites is 2. The summed E-state index contributed by atoms with van der Waals surface area (Å²) in [5.41, 5.74) is 3.02. The van der Waals surface area contributed by atoms with E-state index < -0.39 is 6.17 Å². The Morgan fingerprint density at radius 3 is 2.38 bits per heavy atom. The van der Waals surface area contributed by atoms with Crippen molar-refractivity contribution in [3.8, 4) is 5.75 Å². The number of nitrogens with zero attached hydrogens (tertiary/aromatic N) is 2. The van der Waals surface area contributed by atoms with Crippen LogP contribution in [0.5, 0.6) is 5.75 Å². The van der Waals surface area contributed by atoms with Crippen LogP contribution in [0.4, 0.5) is 5.69 Å². The van der Waals surface area contributed by atoms with Crippen molar-refractivity contribution in [2.75, 3.05) is 31.1 Å². The molecule has 6 nitrogen and oxygen atoms in total. The molecule has 0 bridgehead atoms. The van der Waals surface area contributed by atoms with Crippen molar-refractivity contribution in [2.45, 2.75) is 39.3 Å². The van der Waals surface area contributed by atoms with Crippen LogP contribution in [0.1, 0.15) is 53.0 Å². The largest absolute Gasteiger partial charge is 0.491 e. The Hall–Kier alpha value is -3.35. The number of likely N-dealkylation sites (N-methyl/N-ethyl adjacent to an activating group) is 1. The van der Waals surface area contributed by atoms with E-state index in [4.69, 9.17) is 4.74 Å². The summed E-state index contributed by atoms with van der Waals surface area (Å²) in [6, 6.07) is 24.5. The lowest BCUT2D eigenvalue weighted by Gasteiger charge is -2.32. The highest BCUT2D eigenvalue weighted by Gasteiger charge is 2.31. The molecule has 1 N–H and O–H groups in total. The molecule has 2 amide bonds. The smallest absolute Gasteiger partial charge is 0.259 e. The van der Waals surface area contributed by atoms with Crippen LogP contribution in [-0.4, -0.2) is 49.1 Å². The van der Waals surface area contributed by atoms with Crippen molar-refractivity contribution in [3.05, 3.63) is 95.6 Å². The molecule has 7 heteroatoms. The number of anilines is 1. The van der Waals surface area contributed by atoms with Gasteiger partial charge in [0, 0.05) is 17.8 Å². The van der Waals surface area contributed by atoms with Gasteiger partial charge in [0.05, 0.1) is 5.56 Å². The Bertz CT molecular complexity index is 1170. The van der Waals surface area contributed by atoms with Gasteiger partial charge in [-0.05, 0) is 68.2 Å². The normalized spacial score (nSPS) is 14.8. The molecule has 1 aliphatic heterocycles. The van der Waals surface area contributed by atoms with Gasteiger partial charge in [0.15, 0.2) is 0 Å². The number of rotatable bonds is 9. The Labute approximate surface area is 226 Å². The van der Waals surface area contributed by atoms with Crippen LogP contribution in [0, 0.1) is 0 Å². The van der Waals surface area contributed by atoms with Gasteiger partial charge in [0.1, 0.15) is 18.5 Å². The molecule has 0 aliphatic carbocycles. The number of hydrogen-bond donors (Lipinski definition) is 1. The maximum atomic E-state index is 13.7. The number of benzene rings is 3. The molecular weight excluding hydrogens is 486 g/mol. The fraction of sp³-hybridized carbons (Fsp3) is 0.333. The van der Waals surface area contributed by atoms with Crippen molar-refractivity contribution in [1.82, 2.24) is 10.2 Å². The molecule has 0 aromatic heterocycles. The minimum absolute atomic E-state index is 0. The fourth-order valence-corrected chi connectivity index (χ4v) is 4.68. The molecule has 1 atom stereocenters. The number of fused-ring (bicyclic) bond motifs is 1. The van der Waals surface area contributed by atoms with Gasteiger partial charge in [-0.3, -0.25) is 14.5 Å². The molecule has 196 valence electrons. The van der Waals surface area contributed by atoms with E-state index in [1.54, 1.807) is 11.0 Å². The molecule has 0 saturated carbocycles. The van der Waals surface area contributed by atoms with E-state index in [1.807, 2.05) is 66.7 Å². The predicted octanol–water partition coefficient (Wildman–Crippen LogP) is 5.57. The maximum Gasteiger partial charge on any atom is 0.259 e. The van der Waals surface area contributed by atoms with Gasteiger partial charge in [-0.15, -0.1) is 12.4 Å². The van der Waals surface area contributed by atoms with E-state index in [2.05, 4.69) is 30.1 Å². The number of nitrogens with one attached hydrogen (secondary N) is 1. The molecular formula is C30H36ClN3O3. The first-order valence-electron chi connectivity index (χ1n) is 12.8. The number of amides is 2. The lowest BCUT2D eigenvalue weighted by Crippen LogP contribution is -2.51. The summed E-state index contributed by atoms with van der Waals surface area (Å²) >= 11 is 0. The van der Waals surface area contributed by atoms with Gasteiger partial charge in [0.2, 0.25) is 0 Å². The first kappa shape index (κ1) is 28.2. The number of hydrogen-bond acceptors (Lipinski definition) is 4. The minimum atomic E-state index is -0.474. The number of ether oxygens (including phenoxy) is 1. The lowest BCUT2D eigenvalue weighted by molar-refractivity contribution is 0.0908. The Morgan fingerprint density at radius 2 is 1.62 bits per heavy atom. The summed E-state index contributed by atoms with van der Waals surface area (Å²) in [6.45, 7) is 7.45. The molecule has 1 aliphatic rings. The van der Waals surface area contributed by atoms with Crippen molar-refractivity contribution in [2.24, 2.45) is 0 Å². The highest BCUT2D eigenvalue weighted by molar-refractivity contribution is 6.07. The Morgan fingerprint density at radius 1 is 0.946 bits per heavy atom. The number of halogens is 1. The van der Waals surface area contributed by atoms with E-state index >= 15 is 0 Å². The second kappa shape index (κ2) is 13.8. The van der Waals surface area contributed by atoms with Gasteiger partial charge in [-0.2, -0.15) is 0 Å². The summed E-state index contributed by atoms with van der Waals surface area (Å²) in [4.78, 5) is 31.3. The summed E-state index contributed by atoms with van der Waals surface area (Å²) in [6.07, 6.45) is 1.90. The zero-order chi connectivity index (χ0) is 25.3. The molecule has 3 aromatic rings. The SMILES string of the molecule is CCN(CC)CCOc1ccccc1C(=O)NC1CCCc2ccccc2N1C(=O)c1ccccc1.Cl. The average Bonchev–Trinajstić information content (AvgIpc) is 3.10. The first-order chi connectivity index (χ1) is 17.6. The van der Waals surface area contributed by atoms with E-state index in [0.717, 1.165) is 43.7 Å². The Balaban J connectivity index is 0.00000380. The molecule has 3 aromatic carbocycles. The number of aryl methyl sites for hydroxylation is 1. The van der Waals surface area contributed by atoms with Crippen LogP contribution in [-0.2, 0) is 6.42 Å². The van der Waals surface area contributed by atoms with Crippen LogP contribution < -0.4 is 15.0 Å². The van der Waals surface area contributed by atoms with Gasteiger partial charge in [-0.25, -0.2) is 0 Å². The third-order valence-electron chi connectivity index (χ3n) is 6.71. The third-order valence-corrected chi connectivity index (χ3v) is 6.71. The van der Waals surface area contributed by atoms with Gasteiger partial charge in [-0.1, -0.05) is 62.4 Å². The fourth-order valence-electron chi connectivity index (χ4n) is 4.68. The molecule has 1 unspecified atom stereocenters. The summed E-state index contributed by atoms with van der Waals surface area (Å²) < 4.78 is 6.02. The summed E-state index contributed by atoms with van der Waals surface area (Å²) in [5, 5.41) is 3.15. The molecule has 0 spiro atoms. The van der Waals surface area contributed by atoms with Crippen molar-refractivity contribution < 1.29 is 14.3 Å². The predicted molar refractivity (Wildman–Crippen MR) is 151 cm³/mol. The van der Waals surface area contributed by atoms with Crippen LogP contribution in [0.25, 0.3) is 0 Å². The van der Waals surface area contributed by atoms with Crippen LogP contribution in [0.15, 0.2) is 78.9 Å². The van der Waals surface area contributed by atoms with E-state index in [-0.39, 0.29) is 24.2 Å². The molecule has 37 heavy (non-hydrogen) atoms.